The topological polar surface area (TPSA) is 79.4 Å². The molecule has 0 aliphatic rings. The largest absolute Gasteiger partial charge is 0.416 e. The Morgan fingerprint density at radius 3 is 2.48 bits per heavy atom. The fraction of sp³-hybridized carbons (Fsp3) is 0.0625. The Morgan fingerprint density at radius 2 is 1.76 bits per heavy atom. The first-order chi connectivity index (χ1) is 11.8. The van der Waals surface area contributed by atoms with Crippen LogP contribution < -0.4 is 5.73 Å². The zero-order valence-electron chi connectivity index (χ0n) is 12.5. The Hall–Kier alpha value is -3.23. The van der Waals surface area contributed by atoms with Gasteiger partial charge in [-0.25, -0.2) is 4.39 Å². The van der Waals surface area contributed by atoms with Crippen molar-refractivity contribution in [3.05, 3.63) is 59.9 Å². The zero-order valence-corrected chi connectivity index (χ0v) is 12.5. The van der Waals surface area contributed by atoms with Crippen molar-refractivity contribution >= 4 is 17.2 Å². The molecule has 0 saturated carbocycles. The molecule has 128 valence electrons. The number of hydrogen-bond acceptors (Lipinski definition) is 4. The number of alkyl halides is 3. The van der Waals surface area contributed by atoms with E-state index in [-0.39, 0.29) is 28.5 Å². The second kappa shape index (κ2) is 6.34. The molecule has 0 aliphatic heterocycles. The summed E-state index contributed by atoms with van der Waals surface area (Å²) < 4.78 is 51.8. The van der Waals surface area contributed by atoms with Crippen LogP contribution in [0.25, 0.3) is 11.3 Å². The van der Waals surface area contributed by atoms with Gasteiger partial charge in [0, 0.05) is 11.6 Å². The highest BCUT2D eigenvalue weighted by molar-refractivity contribution is 5.79. The van der Waals surface area contributed by atoms with Crippen molar-refractivity contribution in [2.24, 2.45) is 10.2 Å². The number of benzene rings is 2. The normalized spacial score (nSPS) is 12.0. The molecule has 0 unspecified atom stereocenters. The molecule has 3 N–H and O–H groups in total. The lowest BCUT2D eigenvalue weighted by atomic mass is 10.1. The van der Waals surface area contributed by atoms with E-state index < -0.39 is 17.6 Å². The molecule has 3 rings (SSSR count). The van der Waals surface area contributed by atoms with Gasteiger partial charge in [0.15, 0.2) is 11.5 Å². The van der Waals surface area contributed by atoms with E-state index in [2.05, 4.69) is 20.4 Å². The zero-order chi connectivity index (χ0) is 18.0. The third-order valence-electron chi connectivity index (χ3n) is 3.32. The summed E-state index contributed by atoms with van der Waals surface area (Å²) in [6.07, 6.45) is -4.48. The first-order valence-electron chi connectivity index (χ1n) is 7.03. The van der Waals surface area contributed by atoms with Crippen LogP contribution in [0.15, 0.2) is 58.8 Å². The first-order valence-corrected chi connectivity index (χ1v) is 7.03. The molecule has 1 aromatic heterocycles. The van der Waals surface area contributed by atoms with Gasteiger partial charge in [0.1, 0.15) is 5.82 Å². The Labute approximate surface area is 139 Å². The standard InChI is InChI=1S/C16H11F4N5/c17-11-5-2-6-12(8-11)22-24-14-13(23-25-15(14)21)9-3-1-4-10(7-9)16(18,19)20/h1-8H,(H3,21,23,25). The van der Waals surface area contributed by atoms with E-state index in [1.165, 1.54) is 30.3 Å². The number of rotatable bonds is 3. The quantitative estimate of drug-likeness (QED) is 0.501. The van der Waals surface area contributed by atoms with Gasteiger partial charge in [0.2, 0.25) is 0 Å². The first kappa shape index (κ1) is 16.6. The molecular weight excluding hydrogens is 338 g/mol. The van der Waals surface area contributed by atoms with Crippen molar-refractivity contribution in [2.75, 3.05) is 5.73 Å². The number of nitrogens with one attached hydrogen (secondary N) is 1. The minimum absolute atomic E-state index is 0.0347. The van der Waals surface area contributed by atoms with E-state index in [1.807, 2.05) is 0 Å². The van der Waals surface area contributed by atoms with Gasteiger partial charge in [-0.05, 0) is 24.3 Å². The Kier molecular flexibility index (Phi) is 4.22. The maximum Gasteiger partial charge on any atom is 0.416 e. The second-order valence-corrected chi connectivity index (χ2v) is 5.09. The minimum Gasteiger partial charge on any atom is -0.380 e. The summed E-state index contributed by atoms with van der Waals surface area (Å²) in [4.78, 5) is 0. The maximum atomic E-state index is 13.2. The van der Waals surface area contributed by atoms with Gasteiger partial charge >= 0.3 is 6.18 Å². The van der Waals surface area contributed by atoms with E-state index in [0.29, 0.717) is 0 Å². The molecule has 5 nitrogen and oxygen atoms in total. The smallest absolute Gasteiger partial charge is 0.380 e. The van der Waals surface area contributed by atoms with Crippen LogP contribution in [-0.4, -0.2) is 10.2 Å². The molecule has 0 fully saturated rings. The van der Waals surface area contributed by atoms with Crippen molar-refractivity contribution in [2.45, 2.75) is 6.18 Å². The van der Waals surface area contributed by atoms with Crippen LogP contribution in [0.3, 0.4) is 0 Å². The number of nitrogens with zero attached hydrogens (tertiary/aromatic N) is 3. The lowest BCUT2D eigenvalue weighted by Gasteiger charge is -2.08. The van der Waals surface area contributed by atoms with Crippen LogP contribution >= 0.6 is 0 Å². The molecule has 25 heavy (non-hydrogen) atoms. The third kappa shape index (κ3) is 3.65. The molecule has 0 saturated heterocycles. The molecule has 0 radical (unpaired) electrons. The molecule has 9 heteroatoms. The lowest BCUT2D eigenvalue weighted by Crippen LogP contribution is -2.04. The summed E-state index contributed by atoms with van der Waals surface area (Å²) in [5, 5.41) is 14.1. The number of aromatic nitrogens is 2. The van der Waals surface area contributed by atoms with Crippen LogP contribution in [0.4, 0.5) is 34.8 Å². The summed E-state index contributed by atoms with van der Waals surface area (Å²) in [6, 6.07) is 10.0. The summed E-state index contributed by atoms with van der Waals surface area (Å²) in [5.41, 5.74) is 5.58. The summed E-state index contributed by atoms with van der Waals surface area (Å²) >= 11 is 0. The van der Waals surface area contributed by atoms with Crippen LogP contribution in [0, 0.1) is 5.82 Å². The number of nitrogen functional groups attached to an aromatic ring is 1. The van der Waals surface area contributed by atoms with Crippen molar-refractivity contribution in [1.82, 2.24) is 10.2 Å². The highest BCUT2D eigenvalue weighted by atomic mass is 19.4. The Balaban J connectivity index is 2.00. The Bertz CT molecular complexity index is 930. The van der Waals surface area contributed by atoms with Crippen LogP contribution in [0.5, 0.6) is 0 Å². The van der Waals surface area contributed by atoms with E-state index in [1.54, 1.807) is 0 Å². The SMILES string of the molecule is Nc1n[nH]c(-c2cccc(C(F)(F)F)c2)c1N=Nc1cccc(F)c1. The average Bonchev–Trinajstić information content (AvgIpc) is 2.93. The predicted octanol–water partition coefficient (Wildman–Crippen LogP) is 5.23. The molecule has 0 aliphatic carbocycles. The summed E-state index contributed by atoms with van der Waals surface area (Å²) in [7, 11) is 0. The van der Waals surface area contributed by atoms with Crippen molar-refractivity contribution in [3.8, 4) is 11.3 Å². The fourth-order valence-electron chi connectivity index (χ4n) is 2.15. The number of hydrogen-bond donors (Lipinski definition) is 2. The molecular formula is C16H11F4N5. The van der Waals surface area contributed by atoms with Gasteiger partial charge in [0.05, 0.1) is 16.9 Å². The maximum absolute atomic E-state index is 13.2. The van der Waals surface area contributed by atoms with Gasteiger partial charge in [-0.3, -0.25) is 5.10 Å². The lowest BCUT2D eigenvalue weighted by molar-refractivity contribution is -0.137. The van der Waals surface area contributed by atoms with Gasteiger partial charge in [-0.15, -0.1) is 5.11 Å². The molecule has 0 amide bonds. The number of nitrogens with two attached hydrogens (primary N) is 1. The minimum atomic E-state index is -4.48. The Morgan fingerprint density at radius 1 is 1.00 bits per heavy atom. The highest BCUT2D eigenvalue weighted by Crippen LogP contribution is 2.37. The summed E-state index contributed by atoms with van der Waals surface area (Å²) in [6.45, 7) is 0. The number of azo groups is 1. The molecule has 3 aromatic rings. The third-order valence-corrected chi connectivity index (χ3v) is 3.32. The number of anilines is 1. The van der Waals surface area contributed by atoms with Gasteiger partial charge < -0.3 is 5.73 Å². The molecule has 2 aromatic carbocycles. The number of H-pyrrole nitrogens is 1. The fourth-order valence-corrected chi connectivity index (χ4v) is 2.15. The average molecular weight is 349 g/mol. The van der Waals surface area contributed by atoms with Gasteiger partial charge in [-0.2, -0.15) is 23.4 Å². The predicted molar refractivity (Wildman–Crippen MR) is 84.0 cm³/mol. The highest BCUT2D eigenvalue weighted by Gasteiger charge is 2.30. The van der Waals surface area contributed by atoms with E-state index in [4.69, 9.17) is 5.73 Å². The van der Waals surface area contributed by atoms with Crippen LogP contribution in [0.2, 0.25) is 0 Å². The van der Waals surface area contributed by atoms with Crippen molar-refractivity contribution < 1.29 is 17.6 Å². The summed E-state index contributed by atoms with van der Waals surface area (Å²) in [5.74, 6) is -0.526. The molecule has 1 heterocycles. The van der Waals surface area contributed by atoms with Crippen LogP contribution in [-0.2, 0) is 6.18 Å². The van der Waals surface area contributed by atoms with Crippen LogP contribution in [0.1, 0.15) is 5.56 Å². The van der Waals surface area contributed by atoms with Crippen molar-refractivity contribution in [3.63, 3.8) is 0 Å². The monoisotopic (exact) mass is 349 g/mol. The second-order valence-electron chi connectivity index (χ2n) is 5.09. The number of halogens is 4. The van der Waals surface area contributed by atoms with E-state index in [9.17, 15) is 17.6 Å². The van der Waals surface area contributed by atoms with Gasteiger partial charge in [-0.1, -0.05) is 18.2 Å². The van der Waals surface area contributed by atoms with Crippen molar-refractivity contribution in [1.29, 1.82) is 0 Å². The molecule has 0 bridgehead atoms. The van der Waals surface area contributed by atoms with E-state index in [0.717, 1.165) is 18.2 Å². The molecule has 0 spiro atoms. The van der Waals surface area contributed by atoms with E-state index >= 15 is 0 Å². The molecule has 0 atom stereocenters. The van der Waals surface area contributed by atoms with Gasteiger partial charge in [0.25, 0.3) is 0 Å². The number of aromatic amines is 1.